The van der Waals surface area contributed by atoms with Gasteiger partial charge in [0.1, 0.15) is 16.8 Å². The van der Waals surface area contributed by atoms with Gasteiger partial charge in [-0.15, -0.1) is 0 Å². The van der Waals surface area contributed by atoms with E-state index in [9.17, 15) is 5.26 Å². The van der Waals surface area contributed by atoms with Crippen molar-refractivity contribution in [3.05, 3.63) is 54.6 Å². The van der Waals surface area contributed by atoms with Crippen molar-refractivity contribution in [1.82, 2.24) is 24.6 Å². The van der Waals surface area contributed by atoms with Crippen LogP contribution in [-0.2, 0) is 0 Å². The average Bonchev–Trinajstić information content (AvgIpc) is 3.14. The molecule has 0 aliphatic heterocycles. The first-order valence-electron chi connectivity index (χ1n) is 6.48. The van der Waals surface area contributed by atoms with Gasteiger partial charge in [0.2, 0.25) is 4.96 Å². The van der Waals surface area contributed by atoms with Crippen LogP contribution in [0.5, 0.6) is 0 Å². The summed E-state index contributed by atoms with van der Waals surface area (Å²) in [4.78, 5) is 13.4. The van der Waals surface area contributed by atoms with Crippen molar-refractivity contribution in [3.8, 4) is 28.0 Å². The smallest absolute Gasteiger partial charge is 0.214 e. The zero-order chi connectivity index (χ0) is 14.9. The molecule has 0 radical (unpaired) electrons. The maximum Gasteiger partial charge on any atom is 0.214 e. The van der Waals surface area contributed by atoms with Gasteiger partial charge in [0.25, 0.3) is 0 Å². The Kier molecular flexibility index (Phi) is 2.88. The van der Waals surface area contributed by atoms with E-state index in [0.717, 1.165) is 10.6 Å². The normalized spacial score (nSPS) is 10.7. The van der Waals surface area contributed by atoms with Gasteiger partial charge in [-0.3, -0.25) is 9.97 Å². The van der Waals surface area contributed by atoms with Crippen LogP contribution in [0.3, 0.4) is 0 Å². The topological polar surface area (TPSA) is 79.8 Å². The highest BCUT2D eigenvalue weighted by Gasteiger charge is 2.18. The summed E-state index contributed by atoms with van der Waals surface area (Å²) in [7, 11) is 0. The fourth-order valence-electron chi connectivity index (χ4n) is 2.14. The molecule has 7 heteroatoms. The van der Waals surface area contributed by atoms with Crippen molar-refractivity contribution in [2.45, 2.75) is 0 Å². The lowest BCUT2D eigenvalue weighted by Crippen LogP contribution is -1.92. The predicted molar refractivity (Wildman–Crippen MR) is 82.0 cm³/mol. The van der Waals surface area contributed by atoms with Gasteiger partial charge in [-0.1, -0.05) is 17.4 Å². The van der Waals surface area contributed by atoms with Crippen LogP contribution in [-0.4, -0.2) is 24.6 Å². The molecule has 0 spiro atoms. The second-order valence-corrected chi connectivity index (χ2v) is 5.43. The molecule has 0 atom stereocenters. The summed E-state index contributed by atoms with van der Waals surface area (Å²) < 4.78 is 1.57. The van der Waals surface area contributed by atoms with E-state index < -0.39 is 0 Å². The molecule has 6 nitrogen and oxygen atoms in total. The number of rotatable bonds is 2. The number of pyridine rings is 2. The quantitative estimate of drug-likeness (QED) is 0.569. The molecule has 0 unspecified atom stereocenters. The van der Waals surface area contributed by atoms with Crippen molar-refractivity contribution < 1.29 is 0 Å². The largest absolute Gasteiger partial charge is 0.265 e. The molecular formula is C15H8N6S. The highest BCUT2D eigenvalue weighted by Crippen LogP contribution is 2.29. The van der Waals surface area contributed by atoms with Crippen LogP contribution in [0, 0.1) is 11.3 Å². The summed E-state index contributed by atoms with van der Waals surface area (Å²) in [6, 6.07) is 11.5. The number of aromatic nitrogens is 5. The first-order chi connectivity index (χ1) is 10.9. The molecule has 4 heterocycles. The third kappa shape index (κ3) is 1.94. The van der Waals surface area contributed by atoms with Gasteiger partial charge in [0.15, 0.2) is 5.69 Å². The molecule has 0 saturated heterocycles. The monoisotopic (exact) mass is 304 g/mol. The molecule has 22 heavy (non-hydrogen) atoms. The second kappa shape index (κ2) is 5.02. The first-order valence-corrected chi connectivity index (χ1v) is 7.30. The zero-order valence-electron chi connectivity index (χ0n) is 11.2. The number of hydrogen-bond donors (Lipinski definition) is 0. The van der Waals surface area contributed by atoms with E-state index in [1.165, 1.54) is 11.3 Å². The molecular weight excluding hydrogens is 296 g/mol. The Morgan fingerprint density at radius 1 is 1.09 bits per heavy atom. The number of hydrogen-bond acceptors (Lipinski definition) is 6. The van der Waals surface area contributed by atoms with E-state index >= 15 is 0 Å². The molecule has 4 aromatic heterocycles. The molecule has 0 amide bonds. The SMILES string of the molecule is N#Cc1c(-c2ccccn2)nc2sc(-c3ccncc3)nn12. The predicted octanol–water partition coefficient (Wildman–Crippen LogP) is 2.79. The summed E-state index contributed by atoms with van der Waals surface area (Å²) in [5.41, 5.74) is 2.57. The Morgan fingerprint density at radius 3 is 2.68 bits per heavy atom. The van der Waals surface area contributed by atoms with Crippen LogP contribution in [0.4, 0.5) is 0 Å². The molecule has 0 bridgehead atoms. The van der Waals surface area contributed by atoms with E-state index in [1.54, 1.807) is 23.1 Å². The fourth-order valence-corrected chi connectivity index (χ4v) is 3.05. The van der Waals surface area contributed by atoms with Crippen molar-refractivity contribution in [2.24, 2.45) is 0 Å². The van der Waals surface area contributed by atoms with Gasteiger partial charge in [-0.05, 0) is 24.3 Å². The Morgan fingerprint density at radius 2 is 1.95 bits per heavy atom. The number of imidazole rings is 1. The minimum absolute atomic E-state index is 0.394. The second-order valence-electron chi connectivity index (χ2n) is 4.47. The highest BCUT2D eigenvalue weighted by atomic mass is 32.1. The van der Waals surface area contributed by atoms with Gasteiger partial charge >= 0.3 is 0 Å². The van der Waals surface area contributed by atoms with Crippen LogP contribution in [0.15, 0.2) is 48.9 Å². The lowest BCUT2D eigenvalue weighted by atomic mass is 10.2. The molecule has 0 aromatic carbocycles. The summed E-state index contributed by atoms with van der Waals surface area (Å²) in [5, 5.41) is 14.8. The van der Waals surface area contributed by atoms with Gasteiger partial charge in [0, 0.05) is 24.2 Å². The molecule has 4 rings (SSSR count). The molecule has 0 aliphatic carbocycles. The Hall–Kier alpha value is -3.11. The summed E-state index contributed by atoms with van der Waals surface area (Å²) in [6.07, 6.45) is 5.10. The first kappa shape index (κ1) is 12.6. The minimum atomic E-state index is 0.394. The van der Waals surface area contributed by atoms with Gasteiger partial charge in [-0.2, -0.15) is 14.9 Å². The number of nitriles is 1. The summed E-state index contributed by atoms with van der Waals surface area (Å²) in [5.74, 6) is 0. The number of nitrogens with zero attached hydrogens (tertiary/aromatic N) is 6. The zero-order valence-corrected chi connectivity index (χ0v) is 12.0. The molecule has 4 aromatic rings. The van der Waals surface area contributed by atoms with Gasteiger partial charge < -0.3 is 0 Å². The Balaban J connectivity index is 1.90. The van der Waals surface area contributed by atoms with E-state index in [0.29, 0.717) is 22.0 Å². The number of fused-ring (bicyclic) bond motifs is 1. The highest BCUT2D eigenvalue weighted by molar-refractivity contribution is 7.19. The standard InChI is InChI=1S/C15H8N6S/c16-9-12-13(11-3-1-2-6-18-11)19-15-21(12)20-14(22-15)10-4-7-17-8-5-10/h1-8H. The van der Waals surface area contributed by atoms with E-state index in [-0.39, 0.29) is 0 Å². The minimum Gasteiger partial charge on any atom is -0.265 e. The van der Waals surface area contributed by atoms with Crippen LogP contribution in [0.2, 0.25) is 0 Å². The average molecular weight is 304 g/mol. The molecule has 0 saturated carbocycles. The van der Waals surface area contributed by atoms with E-state index in [2.05, 4.69) is 26.1 Å². The van der Waals surface area contributed by atoms with Crippen LogP contribution in [0.1, 0.15) is 5.69 Å². The molecule has 0 aliphatic rings. The lowest BCUT2D eigenvalue weighted by Gasteiger charge is -1.96. The van der Waals surface area contributed by atoms with Gasteiger partial charge in [0.05, 0.1) is 5.69 Å². The van der Waals surface area contributed by atoms with Crippen molar-refractivity contribution in [1.29, 1.82) is 5.26 Å². The van der Waals surface area contributed by atoms with E-state index in [4.69, 9.17) is 0 Å². The lowest BCUT2D eigenvalue weighted by molar-refractivity contribution is 0.959. The van der Waals surface area contributed by atoms with Crippen LogP contribution in [0.25, 0.3) is 26.9 Å². The fraction of sp³-hybridized carbons (Fsp3) is 0. The van der Waals surface area contributed by atoms with Crippen molar-refractivity contribution in [3.63, 3.8) is 0 Å². The summed E-state index contributed by atoms with van der Waals surface area (Å²) >= 11 is 1.43. The van der Waals surface area contributed by atoms with Gasteiger partial charge in [-0.25, -0.2) is 4.98 Å². The van der Waals surface area contributed by atoms with Crippen molar-refractivity contribution in [2.75, 3.05) is 0 Å². The van der Waals surface area contributed by atoms with Crippen molar-refractivity contribution >= 4 is 16.3 Å². The van der Waals surface area contributed by atoms with Crippen LogP contribution < -0.4 is 0 Å². The molecule has 104 valence electrons. The molecule has 0 fully saturated rings. The third-order valence-corrected chi connectivity index (χ3v) is 4.10. The Bertz CT molecular complexity index is 981. The van der Waals surface area contributed by atoms with Crippen LogP contribution >= 0.6 is 11.3 Å². The maximum atomic E-state index is 9.46. The molecule has 0 N–H and O–H groups in total. The maximum absolute atomic E-state index is 9.46. The van der Waals surface area contributed by atoms with E-state index in [1.807, 2.05) is 30.3 Å². The summed E-state index contributed by atoms with van der Waals surface area (Å²) in [6.45, 7) is 0. The Labute approximate surface area is 129 Å². The third-order valence-electron chi connectivity index (χ3n) is 3.14.